The lowest BCUT2D eigenvalue weighted by Gasteiger charge is -2.37. The van der Waals surface area contributed by atoms with Crippen LogP contribution in [0.4, 0.5) is 22.0 Å². The van der Waals surface area contributed by atoms with Crippen molar-refractivity contribution in [2.24, 2.45) is 5.92 Å². The standard InChI is InChI=1S/C35H44F5N3O6Si/c1-6-50(7-2,8-3)49-30(31-28(47-4)10-9-11-29(31)48-5)21-42(20-22-16-24(36)18-25(37)17-22)33(44)27-19-41-43(32(27)35(38,39)40)26-14-12-23(13-15-26)34(45)46/h9-11,16-19,23,26,30H,6-8,12-15,20-21H2,1-5H3,(H,45,46). The van der Waals surface area contributed by atoms with Crippen molar-refractivity contribution >= 4 is 20.2 Å². The Labute approximate surface area is 289 Å². The quantitative estimate of drug-likeness (QED) is 0.124. The Morgan fingerprint density at radius 2 is 1.54 bits per heavy atom. The van der Waals surface area contributed by atoms with Gasteiger partial charge in [-0.3, -0.25) is 14.3 Å². The minimum absolute atomic E-state index is 0.0134. The van der Waals surface area contributed by atoms with Crippen molar-refractivity contribution in [1.29, 1.82) is 0 Å². The van der Waals surface area contributed by atoms with Crippen molar-refractivity contribution in [2.75, 3.05) is 20.8 Å². The third-order valence-corrected chi connectivity index (χ3v) is 14.4. The third kappa shape index (κ3) is 8.65. The van der Waals surface area contributed by atoms with Crippen LogP contribution in [0.15, 0.2) is 42.6 Å². The zero-order valence-electron chi connectivity index (χ0n) is 28.9. The van der Waals surface area contributed by atoms with E-state index in [1.54, 1.807) is 18.2 Å². The van der Waals surface area contributed by atoms with E-state index in [4.69, 9.17) is 13.9 Å². The highest BCUT2D eigenvalue weighted by atomic mass is 28.4. The number of carbonyl (C=O) groups is 2. The van der Waals surface area contributed by atoms with E-state index in [2.05, 4.69) is 5.10 Å². The number of benzene rings is 2. The first kappa shape index (κ1) is 38.8. The number of rotatable bonds is 15. The first-order chi connectivity index (χ1) is 23.7. The van der Waals surface area contributed by atoms with Gasteiger partial charge in [-0.2, -0.15) is 18.3 Å². The summed E-state index contributed by atoms with van der Waals surface area (Å²) < 4.78 is 92.4. The van der Waals surface area contributed by atoms with Crippen molar-refractivity contribution in [3.05, 3.63) is 76.6 Å². The van der Waals surface area contributed by atoms with Gasteiger partial charge in [0.15, 0.2) is 14.0 Å². The van der Waals surface area contributed by atoms with Gasteiger partial charge in [-0.1, -0.05) is 26.8 Å². The highest BCUT2D eigenvalue weighted by molar-refractivity contribution is 6.73. The van der Waals surface area contributed by atoms with Crippen LogP contribution in [0.5, 0.6) is 11.5 Å². The molecule has 0 saturated heterocycles. The van der Waals surface area contributed by atoms with Crippen LogP contribution in [0.1, 0.15) is 85.8 Å². The fourth-order valence-electron chi connectivity index (χ4n) is 6.84. The normalized spacial score (nSPS) is 17.3. The van der Waals surface area contributed by atoms with E-state index >= 15 is 0 Å². The zero-order valence-corrected chi connectivity index (χ0v) is 29.9. The summed E-state index contributed by atoms with van der Waals surface area (Å²) in [4.78, 5) is 27.0. The van der Waals surface area contributed by atoms with Gasteiger partial charge in [-0.05, 0) is 73.6 Å². The van der Waals surface area contributed by atoms with Crippen LogP contribution >= 0.6 is 0 Å². The van der Waals surface area contributed by atoms with Gasteiger partial charge < -0.3 is 23.9 Å². The van der Waals surface area contributed by atoms with Crippen LogP contribution in [-0.4, -0.2) is 60.7 Å². The first-order valence-corrected chi connectivity index (χ1v) is 19.2. The van der Waals surface area contributed by atoms with Gasteiger partial charge in [-0.15, -0.1) is 0 Å². The lowest BCUT2D eigenvalue weighted by atomic mass is 9.86. The van der Waals surface area contributed by atoms with E-state index in [1.165, 1.54) is 14.2 Å². The number of alkyl halides is 3. The Morgan fingerprint density at radius 3 is 2.02 bits per heavy atom. The summed E-state index contributed by atoms with van der Waals surface area (Å²) >= 11 is 0. The van der Waals surface area contributed by atoms with Crippen molar-refractivity contribution in [2.45, 2.75) is 89.5 Å². The molecule has 0 bridgehead atoms. The molecule has 0 aliphatic heterocycles. The molecule has 2 aromatic carbocycles. The molecular weight excluding hydrogens is 681 g/mol. The number of ether oxygens (including phenoxy) is 2. The predicted octanol–water partition coefficient (Wildman–Crippen LogP) is 8.42. The van der Waals surface area contributed by atoms with Gasteiger partial charge in [0.05, 0.1) is 56.2 Å². The summed E-state index contributed by atoms with van der Waals surface area (Å²) in [5.74, 6) is -3.86. The fraction of sp³-hybridized carbons (Fsp3) is 0.514. The minimum Gasteiger partial charge on any atom is -0.496 e. The molecule has 9 nitrogen and oxygen atoms in total. The Balaban J connectivity index is 1.87. The smallest absolute Gasteiger partial charge is 0.433 e. The molecule has 0 spiro atoms. The summed E-state index contributed by atoms with van der Waals surface area (Å²) in [7, 11) is 0.395. The molecule has 1 fully saturated rings. The molecule has 3 aromatic rings. The number of carbonyl (C=O) groups excluding carboxylic acids is 1. The monoisotopic (exact) mass is 725 g/mol. The van der Waals surface area contributed by atoms with E-state index in [-0.39, 0.29) is 37.8 Å². The number of nitrogens with zero attached hydrogens (tertiary/aromatic N) is 3. The fourth-order valence-corrected chi connectivity index (χ4v) is 9.64. The second kappa shape index (κ2) is 16.4. The van der Waals surface area contributed by atoms with Crippen LogP contribution in [0.25, 0.3) is 0 Å². The largest absolute Gasteiger partial charge is 0.496 e. The molecule has 4 rings (SSSR count). The predicted molar refractivity (Wildman–Crippen MR) is 178 cm³/mol. The van der Waals surface area contributed by atoms with Crippen molar-refractivity contribution in [3.63, 3.8) is 0 Å². The number of hydrogen-bond acceptors (Lipinski definition) is 6. The summed E-state index contributed by atoms with van der Waals surface area (Å²) in [5, 5.41) is 13.4. The van der Waals surface area contributed by atoms with Crippen molar-refractivity contribution < 1.29 is 50.5 Å². The molecular formula is C35H44F5N3O6Si. The maximum atomic E-state index is 14.9. The lowest BCUT2D eigenvalue weighted by molar-refractivity contribution is -0.147. The number of amides is 1. The van der Waals surface area contributed by atoms with Gasteiger partial charge in [-0.25, -0.2) is 8.78 Å². The second-order valence-electron chi connectivity index (χ2n) is 12.6. The number of aliphatic carboxylic acids is 1. The van der Waals surface area contributed by atoms with Crippen LogP contribution in [0.2, 0.25) is 18.1 Å². The van der Waals surface area contributed by atoms with Gasteiger partial charge in [0, 0.05) is 12.6 Å². The molecule has 1 unspecified atom stereocenters. The zero-order chi connectivity index (χ0) is 36.8. The summed E-state index contributed by atoms with van der Waals surface area (Å²) in [5.41, 5.74) is -1.57. The van der Waals surface area contributed by atoms with Crippen molar-refractivity contribution in [1.82, 2.24) is 14.7 Å². The minimum atomic E-state index is -5.02. The van der Waals surface area contributed by atoms with Gasteiger partial charge in [0.2, 0.25) is 0 Å². The van der Waals surface area contributed by atoms with E-state index in [0.29, 0.717) is 41.3 Å². The van der Waals surface area contributed by atoms with Crippen LogP contribution in [0.3, 0.4) is 0 Å². The van der Waals surface area contributed by atoms with Crippen LogP contribution < -0.4 is 9.47 Å². The van der Waals surface area contributed by atoms with Gasteiger partial charge in [0.1, 0.15) is 23.1 Å². The number of carboxylic acids is 1. The van der Waals surface area contributed by atoms with Crippen LogP contribution in [0, 0.1) is 17.6 Å². The molecule has 1 N–H and O–H groups in total. The highest BCUT2D eigenvalue weighted by Crippen LogP contribution is 2.42. The molecule has 1 aromatic heterocycles. The molecule has 1 amide bonds. The Morgan fingerprint density at radius 1 is 0.980 bits per heavy atom. The summed E-state index contributed by atoms with van der Waals surface area (Å²) in [6, 6.07) is 9.08. The maximum Gasteiger partial charge on any atom is 0.433 e. The Bertz CT molecular complexity index is 1590. The van der Waals surface area contributed by atoms with E-state index < -0.39 is 73.9 Å². The topological polar surface area (TPSA) is 103 Å². The molecule has 1 heterocycles. The molecule has 1 saturated carbocycles. The number of methoxy groups -OCH3 is 2. The lowest BCUT2D eigenvalue weighted by Crippen LogP contribution is -2.42. The van der Waals surface area contributed by atoms with E-state index in [0.717, 1.165) is 27.9 Å². The average Bonchev–Trinajstić information content (AvgIpc) is 3.55. The van der Waals surface area contributed by atoms with Crippen LogP contribution in [-0.2, 0) is 21.9 Å². The number of carboxylic acid groups (broad SMARTS) is 1. The van der Waals surface area contributed by atoms with Crippen molar-refractivity contribution in [3.8, 4) is 11.5 Å². The second-order valence-corrected chi connectivity index (χ2v) is 17.3. The number of halogens is 5. The third-order valence-electron chi connectivity index (χ3n) is 9.77. The molecule has 0 radical (unpaired) electrons. The molecule has 15 heteroatoms. The molecule has 1 aliphatic rings. The first-order valence-electron chi connectivity index (χ1n) is 16.7. The number of hydrogen-bond donors (Lipinski definition) is 1. The van der Waals surface area contributed by atoms with E-state index in [9.17, 15) is 36.6 Å². The highest BCUT2D eigenvalue weighted by Gasteiger charge is 2.44. The summed E-state index contributed by atoms with van der Waals surface area (Å²) in [6.07, 6.45) is -4.55. The Hall–Kier alpha value is -3.98. The average molecular weight is 726 g/mol. The SMILES string of the molecule is CC[Si](CC)(CC)OC(CN(Cc1cc(F)cc(F)c1)C(=O)c1cnn(C2CCC(C(=O)O)CC2)c1C(F)(F)F)c1c(OC)cccc1OC. The van der Waals surface area contributed by atoms with E-state index in [1.807, 2.05) is 20.8 Å². The molecule has 274 valence electrons. The molecule has 50 heavy (non-hydrogen) atoms. The number of aromatic nitrogens is 2. The Kier molecular flexibility index (Phi) is 12.7. The van der Waals surface area contributed by atoms with Gasteiger partial charge >= 0.3 is 12.1 Å². The summed E-state index contributed by atoms with van der Waals surface area (Å²) in [6.45, 7) is 5.22. The molecule has 1 aliphatic carbocycles. The molecule has 1 atom stereocenters. The maximum absolute atomic E-state index is 14.9. The van der Waals surface area contributed by atoms with Gasteiger partial charge in [0.25, 0.3) is 5.91 Å².